The maximum absolute atomic E-state index is 10.6. The third kappa shape index (κ3) is 3.43. The molecule has 0 amide bonds. The fourth-order valence-corrected chi connectivity index (χ4v) is 9.02. The minimum atomic E-state index is -0.0799. The van der Waals surface area contributed by atoms with Gasteiger partial charge in [0, 0.05) is 0 Å². The van der Waals surface area contributed by atoms with Crippen LogP contribution in [0.1, 0.15) is 113 Å². The smallest absolute Gasteiger partial charge is 0.0569 e. The average Bonchev–Trinajstić information content (AvgIpc) is 3.00. The minimum absolute atomic E-state index is 0.0799. The summed E-state index contributed by atoms with van der Waals surface area (Å²) in [5, 5.41) is 10.6. The van der Waals surface area contributed by atoms with Crippen LogP contribution in [0.2, 0.25) is 0 Å². The normalized spacial score (nSPS) is 46.6. The van der Waals surface area contributed by atoms with Gasteiger partial charge in [0.05, 0.1) is 6.10 Å². The summed E-state index contributed by atoms with van der Waals surface area (Å²) in [5.74, 6) is 3.44. The van der Waals surface area contributed by atoms with E-state index in [1.165, 1.54) is 51.4 Å². The highest BCUT2D eigenvalue weighted by molar-refractivity contribution is 5.38. The fraction of sp³-hybridized carbons (Fsp3) is 0.867. The quantitative estimate of drug-likeness (QED) is 0.448. The maximum Gasteiger partial charge on any atom is 0.0569 e. The SMILES string of the molecule is C/C(=C\C[C@@H](C)[C@H]1CC[C@@]2(C)C3=C(CC[C@]12C)[C@@]1(C)CC[C@H](O)[C@@H](C)[C@@H]1CC3)C(C)C. The van der Waals surface area contributed by atoms with Crippen LogP contribution in [0.15, 0.2) is 22.8 Å². The van der Waals surface area contributed by atoms with Crippen LogP contribution in [-0.4, -0.2) is 11.2 Å². The van der Waals surface area contributed by atoms with Crippen LogP contribution in [-0.2, 0) is 0 Å². The van der Waals surface area contributed by atoms with Crippen molar-refractivity contribution in [1.29, 1.82) is 0 Å². The van der Waals surface area contributed by atoms with Crippen molar-refractivity contribution in [3.8, 4) is 0 Å². The largest absolute Gasteiger partial charge is 0.393 e. The summed E-state index contributed by atoms with van der Waals surface area (Å²) in [6.45, 7) is 19.7. The van der Waals surface area contributed by atoms with Crippen LogP contribution in [0, 0.1) is 45.8 Å². The highest BCUT2D eigenvalue weighted by Crippen LogP contribution is 2.71. The topological polar surface area (TPSA) is 20.2 Å². The number of rotatable bonds is 4. The van der Waals surface area contributed by atoms with Crippen LogP contribution < -0.4 is 0 Å². The molecule has 2 fully saturated rings. The number of aliphatic hydroxyl groups is 1. The predicted molar refractivity (Wildman–Crippen MR) is 133 cm³/mol. The monoisotopic (exact) mass is 426 g/mol. The van der Waals surface area contributed by atoms with E-state index in [1.54, 1.807) is 5.57 Å². The van der Waals surface area contributed by atoms with Crippen molar-refractivity contribution >= 4 is 0 Å². The molecule has 0 aromatic rings. The summed E-state index contributed by atoms with van der Waals surface area (Å²) >= 11 is 0. The van der Waals surface area contributed by atoms with Gasteiger partial charge in [0.2, 0.25) is 0 Å². The first-order valence-corrected chi connectivity index (χ1v) is 13.5. The van der Waals surface area contributed by atoms with Gasteiger partial charge in [-0.05, 0) is 111 Å². The first kappa shape index (κ1) is 23.6. The van der Waals surface area contributed by atoms with E-state index in [2.05, 4.69) is 61.5 Å². The third-order valence-electron chi connectivity index (χ3n) is 11.8. The lowest BCUT2D eigenvalue weighted by atomic mass is 9.45. The Bertz CT molecular complexity index is 758. The second kappa shape index (κ2) is 8.03. The van der Waals surface area contributed by atoms with E-state index in [-0.39, 0.29) is 6.10 Å². The van der Waals surface area contributed by atoms with Gasteiger partial charge in [0.1, 0.15) is 0 Å². The second-order valence-corrected chi connectivity index (χ2v) is 13.2. The molecule has 0 heterocycles. The molecule has 176 valence electrons. The van der Waals surface area contributed by atoms with Crippen LogP contribution >= 0.6 is 0 Å². The van der Waals surface area contributed by atoms with Gasteiger partial charge >= 0.3 is 0 Å². The standard InChI is InChI=1S/C30H50O/c1-19(2)20(3)9-10-21(4)23-13-17-30(8)26-12-11-24-22(5)27(31)15-16-28(24,6)25(26)14-18-29(23,30)7/h9,19,21-24,27,31H,10-18H2,1-8H3/b20-9+/t21-,22+,23-,24+,27+,28+,29-,30+/m1/s1. The van der Waals surface area contributed by atoms with E-state index in [9.17, 15) is 5.11 Å². The molecular weight excluding hydrogens is 376 g/mol. The molecule has 1 nitrogen and oxygen atoms in total. The van der Waals surface area contributed by atoms with Crippen LogP contribution in [0.25, 0.3) is 0 Å². The maximum atomic E-state index is 10.6. The molecule has 4 aliphatic carbocycles. The predicted octanol–water partition coefficient (Wildman–Crippen LogP) is 8.34. The molecule has 0 aromatic heterocycles. The van der Waals surface area contributed by atoms with Gasteiger partial charge in [0.15, 0.2) is 0 Å². The van der Waals surface area contributed by atoms with E-state index in [0.29, 0.717) is 34.0 Å². The second-order valence-electron chi connectivity index (χ2n) is 13.2. The molecule has 0 spiro atoms. The van der Waals surface area contributed by atoms with Crippen molar-refractivity contribution in [3.63, 3.8) is 0 Å². The van der Waals surface area contributed by atoms with Gasteiger partial charge in [-0.15, -0.1) is 0 Å². The molecule has 4 rings (SSSR count). The third-order valence-corrected chi connectivity index (χ3v) is 11.8. The fourth-order valence-electron chi connectivity index (χ4n) is 9.02. The molecule has 0 unspecified atom stereocenters. The van der Waals surface area contributed by atoms with E-state index in [4.69, 9.17) is 0 Å². The molecule has 0 aromatic carbocycles. The van der Waals surface area contributed by atoms with Crippen LogP contribution in [0.5, 0.6) is 0 Å². The molecular formula is C30H50O. The molecule has 0 saturated heterocycles. The summed E-state index contributed by atoms with van der Waals surface area (Å²) in [6.07, 6.45) is 14.0. The average molecular weight is 427 g/mol. The molecule has 0 radical (unpaired) electrons. The van der Waals surface area contributed by atoms with Gasteiger partial charge in [-0.25, -0.2) is 0 Å². The Labute approximate surface area is 193 Å². The Hall–Kier alpha value is -0.560. The molecule has 1 heteroatoms. The first-order valence-electron chi connectivity index (χ1n) is 13.5. The molecule has 8 atom stereocenters. The zero-order chi connectivity index (χ0) is 22.8. The Kier molecular flexibility index (Phi) is 6.11. The van der Waals surface area contributed by atoms with Crippen molar-refractivity contribution in [2.45, 2.75) is 119 Å². The van der Waals surface area contributed by atoms with Gasteiger partial charge in [-0.3, -0.25) is 0 Å². The van der Waals surface area contributed by atoms with E-state index in [0.717, 1.165) is 18.3 Å². The molecule has 1 N–H and O–H groups in total. The van der Waals surface area contributed by atoms with Gasteiger partial charge in [0.25, 0.3) is 0 Å². The van der Waals surface area contributed by atoms with E-state index in [1.807, 2.05) is 11.1 Å². The Balaban J connectivity index is 1.63. The lowest BCUT2D eigenvalue weighted by Crippen LogP contribution is -2.51. The molecule has 0 aliphatic heterocycles. The molecule has 31 heavy (non-hydrogen) atoms. The van der Waals surface area contributed by atoms with E-state index < -0.39 is 0 Å². The van der Waals surface area contributed by atoms with Crippen molar-refractivity contribution < 1.29 is 5.11 Å². The van der Waals surface area contributed by atoms with Crippen molar-refractivity contribution in [2.75, 3.05) is 0 Å². The highest BCUT2D eigenvalue weighted by atomic mass is 16.3. The minimum Gasteiger partial charge on any atom is -0.393 e. The van der Waals surface area contributed by atoms with Gasteiger partial charge in [-0.2, -0.15) is 0 Å². The highest BCUT2D eigenvalue weighted by Gasteiger charge is 2.62. The Morgan fingerprint density at radius 2 is 1.71 bits per heavy atom. The van der Waals surface area contributed by atoms with Crippen molar-refractivity contribution in [3.05, 3.63) is 22.8 Å². The zero-order valence-electron chi connectivity index (χ0n) is 21.9. The molecule has 0 bridgehead atoms. The number of fused-ring (bicyclic) bond motifs is 4. The summed E-state index contributed by atoms with van der Waals surface area (Å²) in [7, 11) is 0. The van der Waals surface area contributed by atoms with Gasteiger partial charge < -0.3 is 5.11 Å². The van der Waals surface area contributed by atoms with Gasteiger partial charge in [-0.1, -0.05) is 71.3 Å². The van der Waals surface area contributed by atoms with Crippen molar-refractivity contribution in [2.24, 2.45) is 45.8 Å². The molecule has 2 saturated carbocycles. The zero-order valence-corrected chi connectivity index (χ0v) is 21.9. The lowest BCUT2D eigenvalue weighted by Gasteiger charge is -2.60. The summed E-state index contributed by atoms with van der Waals surface area (Å²) in [4.78, 5) is 0. The molecule has 4 aliphatic rings. The number of hydrogen-bond acceptors (Lipinski definition) is 1. The van der Waals surface area contributed by atoms with Crippen LogP contribution in [0.3, 0.4) is 0 Å². The van der Waals surface area contributed by atoms with E-state index >= 15 is 0 Å². The first-order chi connectivity index (χ1) is 14.5. The number of allylic oxidation sites excluding steroid dienone is 4. The summed E-state index contributed by atoms with van der Waals surface area (Å²) < 4.78 is 0. The Morgan fingerprint density at radius 3 is 2.39 bits per heavy atom. The Morgan fingerprint density at radius 1 is 1.00 bits per heavy atom. The van der Waals surface area contributed by atoms with Crippen molar-refractivity contribution in [1.82, 2.24) is 0 Å². The lowest BCUT2D eigenvalue weighted by molar-refractivity contribution is -0.0410. The van der Waals surface area contributed by atoms with Crippen LogP contribution in [0.4, 0.5) is 0 Å². The number of hydrogen-bond donors (Lipinski definition) is 1. The summed E-state index contributed by atoms with van der Waals surface area (Å²) in [5.41, 5.74) is 6.49. The number of aliphatic hydroxyl groups excluding tert-OH is 1. The summed E-state index contributed by atoms with van der Waals surface area (Å²) in [6, 6.07) is 0.